The molecule has 1 aromatic heterocycles. The van der Waals surface area contributed by atoms with Gasteiger partial charge < -0.3 is 18.7 Å². The topological polar surface area (TPSA) is 70.3 Å². The van der Waals surface area contributed by atoms with E-state index < -0.39 is 5.63 Å². The van der Waals surface area contributed by atoms with Crippen LogP contribution in [0.4, 0.5) is 0 Å². The zero-order valence-corrected chi connectivity index (χ0v) is 10.4. The van der Waals surface area contributed by atoms with E-state index in [-0.39, 0.29) is 6.79 Å². The minimum absolute atomic E-state index is 0.174. The molecule has 1 aliphatic heterocycles. The van der Waals surface area contributed by atoms with Crippen molar-refractivity contribution < 1.29 is 18.7 Å². The van der Waals surface area contributed by atoms with E-state index in [1.165, 1.54) is 7.11 Å². The molecule has 0 spiro atoms. The minimum Gasteiger partial charge on any atom is -0.454 e. The van der Waals surface area contributed by atoms with Crippen LogP contribution < -0.4 is 15.1 Å². The van der Waals surface area contributed by atoms with Gasteiger partial charge in [0.25, 0.3) is 0 Å². The fourth-order valence-corrected chi connectivity index (χ4v) is 1.95. The van der Waals surface area contributed by atoms with Gasteiger partial charge in [0.2, 0.25) is 6.79 Å². The minimum atomic E-state index is -0.468. The average Bonchev–Trinajstić information content (AvgIpc) is 2.82. The first-order chi connectivity index (χ1) is 9.19. The van der Waals surface area contributed by atoms with Crippen molar-refractivity contribution in [3.63, 3.8) is 0 Å². The molecule has 0 unspecified atom stereocenters. The van der Waals surface area contributed by atoms with Crippen molar-refractivity contribution in [3.05, 3.63) is 34.2 Å². The Bertz CT molecular complexity index is 732. The van der Waals surface area contributed by atoms with E-state index in [4.69, 9.17) is 13.9 Å². The smallest absolute Gasteiger partial charge is 0.345 e. The Hall–Kier alpha value is -2.50. The molecule has 2 aromatic rings. The number of benzene rings is 1. The second-order valence-corrected chi connectivity index (χ2v) is 4.05. The zero-order valence-electron chi connectivity index (χ0n) is 10.4. The molecule has 6 heteroatoms. The van der Waals surface area contributed by atoms with Gasteiger partial charge in [0.1, 0.15) is 12.7 Å². The Morgan fingerprint density at radius 1 is 1.26 bits per heavy atom. The lowest BCUT2D eigenvalue weighted by molar-refractivity contribution is 0.174. The predicted molar refractivity (Wildman–Crippen MR) is 67.8 cm³/mol. The molecule has 2 heterocycles. The Labute approximate surface area is 108 Å². The molecule has 0 aliphatic carbocycles. The maximum atomic E-state index is 11.9. The van der Waals surface area contributed by atoms with E-state index in [2.05, 4.69) is 9.99 Å². The van der Waals surface area contributed by atoms with Crippen molar-refractivity contribution in [2.24, 2.45) is 5.16 Å². The molecular formula is C13H11NO5. The summed E-state index contributed by atoms with van der Waals surface area (Å²) in [6, 6.07) is 5.11. The van der Waals surface area contributed by atoms with Gasteiger partial charge in [-0.05, 0) is 19.1 Å². The lowest BCUT2D eigenvalue weighted by Crippen LogP contribution is -2.12. The zero-order chi connectivity index (χ0) is 13.4. The third-order valence-electron chi connectivity index (χ3n) is 2.85. The van der Waals surface area contributed by atoms with Crippen LogP contribution in [0.5, 0.6) is 11.5 Å². The highest BCUT2D eigenvalue weighted by Crippen LogP contribution is 2.35. The lowest BCUT2D eigenvalue weighted by Gasteiger charge is -2.03. The standard InChI is InChI=1S/C13H11NO5/c1-7(14-16-2)9-3-8-4-11-12(18-6-17-11)5-10(8)19-13(9)15/h3-5H,6H2,1-2H3/b14-7+. The maximum Gasteiger partial charge on any atom is 0.345 e. The number of ether oxygens (including phenoxy) is 2. The fraction of sp³-hybridized carbons (Fsp3) is 0.231. The molecule has 0 fully saturated rings. The summed E-state index contributed by atoms with van der Waals surface area (Å²) in [4.78, 5) is 16.5. The Balaban J connectivity index is 2.22. The predicted octanol–water partition coefficient (Wildman–Crippen LogP) is 1.89. The highest BCUT2D eigenvalue weighted by Gasteiger charge is 2.17. The first-order valence-corrected chi connectivity index (χ1v) is 5.64. The second-order valence-electron chi connectivity index (χ2n) is 4.05. The molecule has 0 saturated heterocycles. The number of rotatable bonds is 2. The van der Waals surface area contributed by atoms with E-state index in [9.17, 15) is 4.79 Å². The molecule has 6 nitrogen and oxygen atoms in total. The molecule has 1 aromatic carbocycles. The summed E-state index contributed by atoms with van der Waals surface area (Å²) in [5.41, 5.74) is 0.789. The Morgan fingerprint density at radius 2 is 2.00 bits per heavy atom. The van der Waals surface area contributed by atoms with E-state index in [1.54, 1.807) is 25.1 Å². The third-order valence-corrected chi connectivity index (χ3v) is 2.85. The number of hydrogen-bond donors (Lipinski definition) is 0. The summed E-state index contributed by atoms with van der Waals surface area (Å²) < 4.78 is 15.8. The van der Waals surface area contributed by atoms with Crippen molar-refractivity contribution >= 4 is 16.7 Å². The SMILES string of the molecule is CO/N=C(\C)c1cc2cc3c(cc2oc1=O)OCO3. The molecule has 0 amide bonds. The summed E-state index contributed by atoms with van der Waals surface area (Å²) in [5.74, 6) is 1.21. The quantitative estimate of drug-likeness (QED) is 0.469. The van der Waals surface area contributed by atoms with Crippen molar-refractivity contribution in [2.45, 2.75) is 6.92 Å². The molecule has 19 heavy (non-hydrogen) atoms. The molecule has 1 aliphatic rings. The van der Waals surface area contributed by atoms with Gasteiger partial charge in [0, 0.05) is 11.5 Å². The molecule has 0 saturated carbocycles. The number of oxime groups is 1. The second kappa shape index (κ2) is 4.31. The average molecular weight is 261 g/mol. The first-order valence-electron chi connectivity index (χ1n) is 5.64. The van der Waals surface area contributed by atoms with Crippen LogP contribution >= 0.6 is 0 Å². The first kappa shape index (κ1) is 11.6. The summed E-state index contributed by atoms with van der Waals surface area (Å²) >= 11 is 0. The van der Waals surface area contributed by atoms with Gasteiger partial charge in [-0.25, -0.2) is 4.79 Å². The molecule has 98 valence electrons. The van der Waals surface area contributed by atoms with Crippen molar-refractivity contribution in [1.29, 1.82) is 0 Å². The van der Waals surface area contributed by atoms with Crippen LogP contribution in [-0.2, 0) is 4.84 Å². The molecule has 0 N–H and O–H groups in total. The molecule has 0 atom stereocenters. The van der Waals surface area contributed by atoms with Gasteiger partial charge in [-0.1, -0.05) is 5.16 Å². The van der Waals surface area contributed by atoms with Gasteiger partial charge in [-0.2, -0.15) is 0 Å². The fourth-order valence-electron chi connectivity index (χ4n) is 1.95. The van der Waals surface area contributed by atoms with Crippen LogP contribution in [0.3, 0.4) is 0 Å². The van der Waals surface area contributed by atoms with Gasteiger partial charge >= 0.3 is 5.63 Å². The van der Waals surface area contributed by atoms with Gasteiger partial charge in [-0.15, -0.1) is 0 Å². The van der Waals surface area contributed by atoms with E-state index in [0.717, 1.165) is 5.39 Å². The molecule has 0 bridgehead atoms. The maximum absolute atomic E-state index is 11.9. The number of fused-ring (bicyclic) bond motifs is 2. The summed E-state index contributed by atoms with van der Waals surface area (Å²) in [6.07, 6.45) is 0. The third kappa shape index (κ3) is 1.91. The molecule has 0 radical (unpaired) electrons. The van der Waals surface area contributed by atoms with Crippen molar-refractivity contribution in [1.82, 2.24) is 0 Å². The summed E-state index contributed by atoms with van der Waals surface area (Å²) in [6.45, 7) is 1.85. The van der Waals surface area contributed by atoms with Crippen LogP contribution in [0, 0.1) is 0 Å². The van der Waals surface area contributed by atoms with E-state index in [0.29, 0.717) is 28.4 Å². The highest BCUT2D eigenvalue weighted by molar-refractivity contribution is 6.00. The Morgan fingerprint density at radius 3 is 2.74 bits per heavy atom. The van der Waals surface area contributed by atoms with Crippen LogP contribution in [0.15, 0.2) is 32.6 Å². The monoisotopic (exact) mass is 261 g/mol. The van der Waals surface area contributed by atoms with Crippen LogP contribution in [0.1, 0.15) is 12.5 Å². The van der Waals surface area contributed by atoms with E-state index in [1.807, 2.05) is 0 Å². The normalized spacial score (nSPS) is 13.9. The molecular weight excluding hydrogens is 250 g/mol. The number of nitrogens with zero attached hydrogens (tertiary/aromatic N) is 1. The van der Waals surface area contributed by atoms with Crippen molar-refractivity contribution in [2.75, 3.05) is 13.9 Å². The lowest BCUT2D eigenvalue weighted by atomic mass is 10.1. The summed E-state index contributed by atoms with van der Waals surface area (Å²) in [5, 5.41) is 4.48. The van der Waals surface area contributed by atoms with Gasteiger partial charge in [0.15, 0.2) is 11.5 Å². The van der Waals surface area contributed by atoms with E-state index >= 15 is 0 Å². The molecule has 3 rings (SSSR count). The van der Waals surface area contributed by atoms with Crippen LogP contribution in [-0.4, -0.2) is 19.6 Å². The number of hydrogen-bond acceptors (Lipinski definition) is 6. The van der Waals surface area contributed by atoms with Crippen molar-refractivity contribution in [3.8, 4) is 11.5 Å². The Kier molecular flexibility index (Phi) is 2.63. The van der Waals surface area contributed by atoms with Gasteiger partial charge in [-0.3, -0.25) is 0 Å². The van der Waals surface area contributed by atoms with Crippen LogP contribution in [0.2, 0.25) is 0 Å². The highest BCUT2D eigenvalue weighted by atomic mass is 16.7. The largest absolute Gasteiger partial charge is 0.454 e. The van der Waals surface area contributed by atoms with Crippen LogP contribution in [0.25, 0.3) is 11.0 Å². The summed E-state index contributed by atoms with van der Waals surface area (Å²) in [7, 11) is 1.42. The van der Waals surface area contributed by atoms with Gasteiger partial charge in [0.05, 0.1) is 11.3 Å².